The quantitative estimate of drug-likeness (QED) is 0.871. The molecule has 0 fully saturated rings. The van der Waals surface area contributed by atoms with E-state index in [1.807, 2.05) is 12.1 Å². The summed E-state index contributed by atoms with van der Waals surface area (Å²) in [6.07, 6.45) is 5.21. The molecule has 1 atom stereocenters. The van der Waals surface area contributed by atoms with Gasteiger partial charge in [0.15, 0.2) is 4.67 Å². The SMILES string of the molecule is CCCNC(C)/C=C/c1cc(Br)c(Br)o1. The van der Waals surface area contributed by atoms with Crippen LogP contribution < -0.4 is 5.32 Å². The molecule has 1 aromatic heterocycles. The first-order valence-electron chi connectivity index (χ1n) is 5.00. The highest BCUT2D eigenvalue weighted by Crippen LogP contribution is 2.27. The van der Waals surface area contributed by atoms with Crippen molar-refractivity contribution >= 4 is 37.9 Å². The highest BCUT2D eigenvalue weighted by atomic mass is 79.9. The van der Waals surface area contributed by atoms with E-state index in [0.29, 0.717) is 6.04 Å². The zero-order valence-corrected chi connectivity index (χ0v) is 12.1. The number of hydrogen-bond donors (Lipinski definition) is 1. The zero-order valence-electron chi connectivity index (χ0n) is 8.89. The lowest BCUT2D eigenvalue weighted by atomic mass is 10.2. The molecule has 2 nitrogen and oxygen atoms in total. The molecule has 84 valence electrons. The zero-order chi connectivity index (χ0) is 11.3. The van der Waals surface area contributed by atoms with Crippen LogP contribution in [0.3, 0.4) is 0 Å². The molecule has 0 bridgehead atoms. The molecular weight excluding hydrogens is 322 g/mol. The van der Waals surface area contributed by atoms with E-state index in [4.69, 9.17) is 4.42 Å². The largest absolute Gasteiger partial charge is 0.449 e. The Morgan fingerprint density at radius 2 is 2.27 bits per heavy atom. The van der Waals surface area contributed by atoms with E-state index in [2.05, 4.69) is 57.1 Å². The van der Waals surface area contributed by atoms with Gasteiger partial charge >= 0.3 is 0 Å². The maximum absolute atomic E-state index is 5.42. The second-order valence-electron chi connectivity index (χ2n) is 3.37. The predicted molar refractivity (Wildman–Crippen MR) is 70.9 cm³/mol. The fourth-order valence-corrected chi connectivity index (χ4v) is 1.73. The molecule has 1 rings (SSSR count). The second-order valence-corrected chi connectivity index (χ2v) is 4.95. The van der Waals surface area contributed by atoms with Gasteiger partial charge in [-0.1, -0.05) is 13.0 Å². The van der Waals surface area contributed by atoms with E-state index < -0.39 is 0 Å². The van der Waals surface area contributed by atoms with Crippen LogP contribution in [0.5, 0.6) is 0 Å². The van der Waals surface area contributed by atoms with Crippen molar-refractivity contribution in [2.45, 2.75) is 26.3 Å². The summed E-state index contributed by atoms with van der Waals surface area (Å²) < 4.78 is 7.10. The van der Waals surface area contributed by atoms with Crippen molar-refractivity contribution < 1.29 is 4.42 Å². The molecule has 0 radical (unpaired) electrons. The fourth-order valence-electron chi connectivity index (χ4n) is 1.12. The standard InChI is InChI=1S/C11H15Br2NO/c1-3-6-14-8(2)4-5-9-7-10(12)11(13)15-9/h4-5,7-8,14H,3,6H2,1-2H3/b5-4+. The summed E-state index contributed by atoms with van der Waals surface area (Å²) in [4.78, 5) is 0. The molecule has 0 saturated carbocycles. The Bertz CT molecular complexity index is 314. The van der Waals surface area contributed by atoms with Gasteiger partial charge in [-0.3, -0.25) is 0 Å². The van der Waals surface area contributed by atoms with Crippen LogP contribution in [-0.2, 0) is 0 Å². The molecule has 15 heavy (non-hydrogen) atoms. The minimum atomic E-state index is 0.368. The molecule has 0 aliphatic heterocycles. The number of rotatable bonds is 5. The van der Waals surface area contributed by atoms with Crippen molar-refractivity contribution in [1.82, 2.24) is 5.32 Å². The number of furan rings is 1. The third kappa shape index (κ3) is 4.53. The van der Waals surface area contributed by atoms with Crippen LogP contribution in [0, 0.1) is 0 Å². The average molecular weight is 337 g/mol. The minimum Gasteiger partial charge on any atom is -0.449 e. The number of hydrogen-bond acceptors (Lipinski definition) is 2. The van der Waals surface area contributed by atoms with E-state index in [1.54, 1.807) is 0 Å². The van der Waals surface area contributed by atoms with Crippen LogP contribution in [0.4, 0.5) is 0 Å². The lowest BCUT2D eigenvalue weighted by Gasteiger charge is -2.06. The fraction of sp³-hybridized carbons (Fsp3) is 0.455. The molecular formula is C11H15Br2NO. The summed E-state index contributed by atoms with van der Waals surface area (Å²) in [5, 5.41) is 3.37. The summed E-state index contributed by atoms with van der Waals surface area (Å²) in [7, 11) is 0. The first kappa shape index (κ1) is 13.0. The lowest BCUT2D eigenvalue weighted by molar-refractivity contribution is 0.529. The van der Waals surface area contributed by atoms with Crippen LogP contribution in [0.25, 0.3) is 6.08 Å². The predicted octanol–water partition coefficient (Wildman–Crippen LogP) is 4.21. The molecule has 4 heteroatoms. The summed E-state index contributed by atoms with van der Waals surface area (Å²) in [6.45, 7) is 5.32. The van der Waals surface area contributed by atoms with Crippen molar-refractivity contribution in [3.8, 4) is 0 Å². The van der Waals surface area contributed by atoms with Gasteiger partial charge in [-0.25, -0.2) is 0 Å². The van der Waals surface area contributed by atoms with Crippen LogP contribution in [0.1, 0.15) is 26.0 Å². The van der Waals surface area contributed by atoms with Gasteiger partial charge in [-0.2, -0.15) is 0 Å². The third-order valence-corrected chi connectivity index (χ3v) is 3.64. The molecule has 1 unspecified atom stereocenters. The Morgan fingerprint density at radius 3 is 2.80 bits per heavy atom. The van der Waals surface area contributed by atoms with Gasteiger partial charge in [0, 0.05) is 6.04 Å². The molecule has 0 aliphatic carbocycles. The summed E-state index contributed by atoms with van der Waals surface area (Å²) >= 11 is 6.68. The summed E-state index contributed by atoms with van der Waals surface area (Å²) in [5.41, 5.74) is 0. The average Bonchev–Trinajstić information content (AvgIpc) is 2.52. The number of halogens is 2. The van der Waals surface area contributed by atoms with E-state index >= 15 is 0 Å². The second kappa shape index (κ2) is 6.51. The van der Waals surface area contributed by atoms with Crippen LogP contribution in [-0.4, -0.2) is 12.6 Å². The Kier molecular flexibility index (Phi) is 5.64. The van der Waals surface area contributed by atoms with Crippen molar-refractivity contribution in [2.24, 2.45) is 0 Å². The summed E-state index contributed by atoms with van der Waals surface area (Å²) in [5.74, 6) is 0.846. The molecule has 0 aromatic carbocycles. The van der Waals surface area contributed by atoms with Crippen molar-refractivity contribution in [3.05, 3.63) is 27.0 Å². The van der Waals surface area contributed by atoms with E-state index in [-0.39, 0.29) is 0 Å². The van der Waals surface area contributed by atoms with Gasteiger partial charge in [0.25, 0.3) is 0 Å². The molecule has 0 spiro atoms. The monoisotopic (exact) mass is 335 g/mol. The molecule has 1 aromatic rings. The van der Waals surface area contributed by atoms with Gasteiger partial charge < -0.3 is 9.73 Å². The van der Waals surface area contributed by atoms with Crippen molar-refractivity contribution in [3.63, 3.8) is 0 Å². The van der Waals surface area contributed by atoms with Gasteiger partial charge in [0.2, 0.25) is 0 Å². The minimum absolute atomic E-state index is 0.368. The Hall–Kier alpha value is -0.0600. The number of nitrogens with one attached hydrogen (secondary N) is 1. The molecule has 0 amide bonds. The third-order valence-electron chi connectivity index (χ3n) is 1.93. The molecule has 1 N–H and O–H groups in total. The van der Waals surface area contributed by atoms with E-state index in [1.165, 1.54) is 0 Å². The maximum Gasteiger partial charge on any atom is 0.184 e. The molecule has 1 heterocycles. The van der Waals surface area contributed by atoms with Gasteiger partial charge in [0.1, 0.15) is 5.76 Å². The van der Waals surface area contributed by atoms with E-state index in [9.17, 15) is 0 Å². The Morgan fingerprint density at radius 1 is 1.53 bits per heavy atom. The smallest absolute Gasteiger partial charge is 0.184 e. The van der Waals surface area contributed by atoms with Crippen LogP contribution in [0.2, 0.25) is 0 Å². The summed E-state index contributed by atoms with van der Waals surface area (Å²) in [6, 6.07) is 2.31. The van der Waals surface area contributed by atoms with Gasteiger partial charge in [0.05, 0.1) is 4.47 Å². The maximum atomic E-state index is 5.42. The van der Waals surface area contributed by atoms with Crippen LogP contribution in [0.15, 0.2) is 25.7 Å². The Balaban J connectivity index is 2.49. The first-order valence-corrected chi connectivity index (χ1v) is 6.58. The Labute approximate surface area is 107 Å². The van der Waals surface area contributed by atoms with Crippen LogP contribution >= 0.6 is 31.9 Å². The highest BCUT2D eigenvalue weighted by Gasteiger charge is 2.03. The van der Waals surface area contributed by atoms with E-state index in [0.717, 1.165) is 27.9 Å². The van der Waals surface area contributed by atoms with Gasteiger partial charge in [-0.15, -0.1) is 0 Å². The molecule has 0 saturated heterocycles. The normalized spacial score (nSPS) is 13.6. The lowest BCUT2D eigenvalue weighted by Crippen LogP contribution is -2.24. The highest BCUT2D eigenvalue weighted by molar-refractivity contribution is 9.13. The first-order chi connectivity index (χ1) is 7.13. The topological polar surface area (TPSA) is 25.2 Å². The van der Waals surface area contributed by atoms with Gasteiger partial charge in [-0.05, 0) is 63.9 Å². The molecule has 0 aliphatic rings. The van der Waals surface area contributed by atoms with Crippen molar-refractivity contribution in [1.29, 1.82) is 0 Å². The van der Waals surface area contributed by atoms with Crippen molar-refractivity contribution in [2.75, 3.05) is 6.54 Å².